The number of nitrogens with one attached hydrogen (secondary N) is 1. The lowest BCUT2D eigenvalue weighted by molar-refractivity contribution is 0.0930. The van der Waals surface area contributed by atoms with Gasteiger partial charge in [-0.25, -0.2) is 0 Å². The number of carbonyl (C=O) groups is 1. The summed E-state index contributed by atoms with van der Waals surface area (Å²) in [7, 11) is 0. The summed E-state index contributed by atoms with van der Waals surface area (Å²) in [4.78, 5) is 14.2. The molecule has 15 heavy (non-hydrogen) atoms. The molecule has 1 aromatic heterocycles. The van der Waals surface area contributed by atoms with Gasteiger partial charge in [0, 0.05) is 9.35 Å². The van der Waals surface area contributed by atoms with Crippen molar-refractivity contribution in [2.24, 2.45) is 0 Å². The molecule has 82 valence electrons. The number of ketones is 1. The van der Waals surface area contributed by atoms with Gasteiger partial charge in [-0.15, -0.1) is 11.3 Å². The Labute approximate surface area is 102 Å². The summed E-state index contributed by atoms with van der Waals surface area (Å²) in [6.45, 7) is 3.00. The van der Waals surface area contributed by atoms with E-state index in [4.69, 9.17) is 0 Å². The fourth-order valence-electron chi connectivity index (χ4n) is 1.89. The highest BCUT2D eigenvalue weighted by Gasteiger charge is 2.24. The van der Waals surface area contributed by atoms with Crippen molar-refractivity contribution >= 4 is 33.0 Å². The van der Waals surface area contributed by atoms with E-state index in [1.165, 1.54) is 11.3 Å². The molecule has 1 aliphatic heterocycles. The number of Topliss-reactive ketones (excluding diaryl/α,β-unsaturated/α-hetero) is 1. The largest absolute Gasteiger partial charge is 0.307 e. The van der Waals surface area contributed by atoms with E-state index in [1.54, 1.807) is 11.3 Å². The molecule has 2 rings (SSSR count). The molecule has 0 bridgehead atoms. The zero-order valence-electron chi connectivity index (χ0n) is 8.68. The van der Waals surface area contributed by atoms with Gasteiger partial charge in [0.1, 0.15) is 0 Å². The minimum absolute atomic E-state index is 0.0353. The smallest absolute Gasteiger partial charge is 0.190 e. The van der Waals surface area contributed by atoms with Crippen LogP contribution < -0.4 is 5.32 Å². The third-order valence-corrected chi connectivity index (χ3v) is 4.61. The number of aryl methyl sites for hydroxylation is 1. The van der Waals surface area contributed by atoms with Crippen molar-refractivity contribution in [3.05, 3.63) is 20.3 Å². The van der Waals surface area contributed by atoms with Crippen LogP contribution in [0, 0.1) is 6.92 Å². The number of rotatable bonds is 2. The molecule has 0 aromatic carbocycles. The topological polar surface area (TPSA) is 29.1 Å². The highest BCUT2D eigenvalue weighted by Crippen LogP contribution is 2.29. The summed E-state index contributed by atoms with van der Waals surface area (Å²) in [5.74, 6) is 0.250. The van der Waals surface area contributed by atoms with Crippen LogP contribution in [-0.2, 0) is 0 Å². The van der Waals surface area contributed by atoms with Crippen LogP contribution in [0.1, 0.15) is 33.8 Å². The maximum absolute atomic E-state index is 12.2. The van der Waals surface area contributed by atoms with Crippen molar-refractivity contribution in [2.75, 3.05) is 6.54 Å². The molecular weight excluding hydrogens is 274 g/mol. The Balaban J connectivity index is 2.16. The van der Waals surface area contributed by atoms with Gasteiger partial charge in [-0.3, -0.25) is 4.79 Å². The number of thiophene rings is 1. The SMILES string of the molecule is Cc1cc(Br)c(C(=O)C2CCCCN2)s1. The zero-order valence-corrected chi connectivity index (χ0v) is 11.1. The first-order valence-corrected chi connectivity index (χ1v) is 6.83. The lowest BCUT2D eigenvalue weighted by atomic mass is 10.0. The quantitative estimate of drug-likeness (QED) is 0.847. The fourth-order valence-corrected chi connectivity index (χ4v) is 3.72. The van der Waals surface area contributed by atoms with Crippen molar-refractivity contribution < 1.29 is 4.79 Å². The van der Waals surface area contributed by atoms with Crippen LogP contribution in [0.15, 0.2) is 10.5 Å². The monoisotopic (exact) mass is 287 g/mol. The summed E-state index contributed by atoms with van der Waals surface area (Å²) < 4.78 is 0.947. The maximum Gasteiger partial charge on any atom is 0.190 e. The first kappa shape index (κ1) is 11.3. The van der Waals surface area contributed by atoms with E-state index in [0.717, 1.165) is 28.7 Å². The van der Waals surface area contributed by atoms with E-state index < -0.39 is 0 Å². The van der Waals surface area contributed by atoms with Crippen molar-refractivity contribution in [1.29, 1.82) is 0 Å². The Morgan fingerprint density at radius 3 is 2.93 bits per heavy atom. The molecule has 1 aromatic rings. The van der Waals surface area contributed by atoms with Gasteiger partial charge in [0.2, 0.25) is 0 Å². The van der Waals surface area contributed by atoms with E-state index in [1.807, 2.05) is 13.0 Å². The first-order valence-electron chi connectivity index (χ1n) is 5.22. The molecule has 1 atom stereocenters. The molecule has 0 aliphatic carbocycles. The molecule has 0 saturated carbocycles. The minimum Gasteiger partial charge on any atom is -0.307 e. The van der Waals surface area contributed by atoms with Crippen molar-refractivity contribution in [3.63, 3.8) is 0 Å². The highest BCUT2D eigenvalue weighted by molar-refractivity contribution is 9.10. The normalized spacial score (nSPS) is 21.6. The molecule has 2 heterocycles. The van der Waals surface area contributed by atoms with Crippen LogP contribution in [0.5, 0.6) is 0 Å². The van der Waals surface area contributed by atoms with Crippen LogP contribution in [0.3, 0.4) is 0 Å². The summed E-state index contributed by atoms with van der Waals surface area (Å²) in [5, 5.41) is 3.29. The molecule has 1 fully saturated rings. The number of carbonyl (C=O) groups excluding carboxylic acids is 1. The molecule has 4 heteroatoms. The average molecular weight is 288 g/mol. The Morgan fingerprint density at radius 2 is 2.40 bits per heavy atom. The lowest BCUT2D eigenvalue weighted by Crippen LogP contribution is -2.40. The minimum atomic E-state index is 0.0353. The van der Waals surface area contributed by atoms with Gasteiger partial charge < -0.3 is 5.32 Å². The van der Waals surface area contributed by atoms with Gasteiger partial charge in [-0.1, -0.05) is 6.42 Å². The summed E-state index contributed by atoms with van der Waals surface area (Å²) in [5.41, 5.74) is 0. The van der Waals surface area contributed by atoms with Gasteiger partial charge in [0.15, 0.2) is 5.78 Å². The van der Waals surface area contributed by atoms with Crippen LogP contribution in [-0.4, -0.2) is 18.4 Å². The molecule has 1 unspecified atom stereocenters. The number of hydrogen-bond acceptors (Lipinski definition) is 3. The van der Waals surface area contributed by atoms with E-state index in [2.05, 4.69) is 21.2 Å². The molecule has 0 amide bonds. The van der Waals surface area contributed by atoms with Crippen LogP contribution in [0.25, 0.3) is 0 Å². The van der Waals surface area contributed by atoms with E-state index in [0.29, 0.717) is 0 Å². The first-order chi connectivity index (χ1) is 7.18. The van der Waals surface area contributed by atoms with E-state index in [-0.39, 0.29) is 11.8 Å². The number of halogens is 1. The predicted molar refractivity (Wildman–Crippen MR) is 66.7 cm³/mol. The summed E-state index contributed by atoms with van der Waals surface area (Å²) >= 11 is 5.03. The van der Waals surface area contributed by atoms with Gasteiger partial charge >= 0.3 is 0 Å². The third-order valence-electron chi connectivity index (χ3n) is 2.66. The Kier molecular flexibility index (Phi) is 3.59. The highest BCUT2D eigenvalue weighted by atomic mass is 79.9. The lowest BCUT2D eigenvalue weighted by Gasteiger charge is -2.21. The van der Waals surface area contributed by atoms with Crippen molar-refractivity contribution in [1.82, 2.24) is 5.32 Å². The Morgan fingerprint density at radius 1 is 1.60 bits per heavy atom. The average Bonchev–Trinajstić information content (AvgIpc) is 2.58. The van der Waals surface area contributed by atoms with E-state index >= 15 is 0 Å². The number of piperidine rings is 1. The Bertz CT molecular complexity index is 369. The van der Waals surface area contributed by atoms with Gasteiger partial charge in [-0.05, 0) is 48.3 Å². The second-order valence-electron chi connectivity index (χ2n) is 3.90. The molecule has 0 radical (unpaired) electrons. The molecule has 1 aliphatic rings. The van der Waals surface area contributed by atoms with Crippen LogP contribution in [0.4, 0.5) is 0 Å². The second kappa shape index (κ2) is 4.76. The van der Waals surface area contributed by atoms with Gasteiger partial charge in [0.05, 0.1) is 10.9 Å². The molecule has 1 N–H and O–H groups in total. The predicted octanol–water partition coefficient (Wildman–Crippen LogP) is 3.14. The molecule has 0 spiro atoms. The zero-order chi connectivity index (χ0) is 10.8. The second-order valence-corrected chi connectivity index (χ2v) is 6.01. The third kappa shape index (κ3) is 2.49. The van der Waals surface area contributed by atoms with Gasteiger partial charge in [-0.2, -0.15) is 0 Å². The van der Waals surface area contributed by atoms with Crippen LogP contribution >= 0.6 is 27.3 Å². The van der Waals surface area contributed by atoms with Gasteiger partial charge in [0.25, 0.3) is 0 Å². The molecule has 2 nitrogen and oxygen atoms in total. The number of hydrogen-bond donors (Lipinski definition) is 1. The van der Waals surface area contributed by atoms with Crippen molar-refractivity contribution in [3.8, 4) is 0 Å². The Hall–Kier alpha value is -0.190. The molecular formula is C11H14BrNOS. The van der Waals surface area contributed by atoms with Crippen LogP contribution in [0.2, 0.25) is 0 Å². The van der Waals surface area contributed by atoms with Crippen molar-refractivity contribution in [2.45, 2.75) is 32.2 Å². The summed E-state index contributed by atoms with van der Waals surface area (Å²) in [6.07, 6.45) is 3.32. The maximum atomic E-state index is 12.2. The standard InChI is InChI=1S/C11H14BrNOS/c1-7-6-8(12)11(15-7)10(14)9-4-2-3-5-13-9/h6,9,13H,2-5H2,1H3. The summed E-state index contributed by atoms with van der Waals surface area (Å²) in [6, 6.07) is 2.05. The van der Waals surface area contributed by atoms with E-state index in [9.17, 15) is 4.79 Å². The molecule has 1 saturated heterocycles. The fraction of sp³-hybridized carbons (Fsp3) is 0.545.